The minimum atomic E-state index is -4.15. The topological polar surface area (TPSA) is 70.4 Å². The van der Waals surface area contributed by atoms with Crippen molar-refractivity contribution in [1.29, 1.82) is 0 Å². The number of aromatic nitrogens is 3. The number of alkyl halides is 3. The van der Waals surface area contributed by atoms with Crippen molar-refractivity contribution in [2.24, 2.45) is 4.99 Å². The molecule has 1 unspecified atom stereocenters. The van der Waals surface area contributed by atoms with E-state index in [1.807, 2.05) is 0 Å². The lowest BCUT2D eigenvalue weighted by atomic mass is 10.2. The van der Waals surface area contributed by atoms with Gasteiger partial charge in [0.1, 0.15) is 11.6 Å². The lowest BCUT2D eigenvalue weighted by Crippen LogP contribution is -2.45. The van der Waals surface area contributed by atoms with Crippen LogP contribution in [0.25, 0.3) is 0 Å². The first-order valence-electron chi connectivity index (χ1n) is 9.62. The van der Waals surface area contributed by atoms with Crippen molar-refractivity contribution in [2.45, 2.75) is 57.3 Å². The van der Waals surface area contributed by atoms with Crippen LogP contribution in [0.4, 0.5) is 13.2 Å². The number of likely N-dealkylation sites (tertiary alicyclic amines) is 1. The number of hydrogen-bond donors (Lipinski definition) is 2. The molecule has 27 heavy (non-hydrogen) atoms. The summed E-state index contributed by atoms with van der Waals surface area (Å²) in [6.45, 7) is 1.59. The van der Waals surface area contributed by atoms with Gasteiger partial charge in [-0.05, 0) is 19.3 Å². The van der Waals surface area contributed by atoms with Gasteiger partial charge in [-0.25, -0.2) is 0 Å². The minimum absolute atomic E-state index is 0.0251. The highest BCUT2D eigenvalue weighted by atomic mass is 19.4. The van der Waals surface area contributed by atoms with Gasteiger partial charge in [-0.2, -0.15) is 13.2 Å². The molecule has 152 valence electrons. The molecule has 0 saturated carbocycles. The highest BCUT2D eigenvalue weighted by molar-refractivity contribution is 5.80. The number of nitrogens with one attached hydrogen (secondary N) is 2. The number of guanidine groups is 1. The Kier molecular flexibility index (Phi) is 6.56. The maximum atomic E-state index is 12.5. The van der Waals surface area contributed by atoms with E-state index in [0.717, 1.165) is 37.5 Å². The predicted octanol–water partition coefficient (Wildman–Crippen LogP) is 1.35. The Bertz CT molecular complexity index is 641. The molecule has 2 aliphatic heterocycles. The summed E-state index contributed by atoms with van der Waals surface area (Å²) in [5.74, 6) is 2.66. The summed E-state index contributed by atoms with van der Waals surface area (Å²) in [6, 6.07) is -0.0251. The highest BCUT2D eigenvalue weighted by Crippen LogP contribution is 2.20. The van der Waals surface area contributed by atoms with Crippen LogP contribution in [0.3, 0.4) is 0 Å². The average molecular weight is 387 g/mol. The van der Waals surface area contributed by atoms with E-state index in [1.165, 1.54) is 17.7 Å². The first-order chi connectivity index (χ1) is 12.9. The first-order valence-corrected chi connectivity index (χ1v) is 9.62. The molecule has 0 amide bonds. The van der Waals surface area contributed by atoms with E-state index in [9.17, 15) is 13.2 Å². The standard InChI is InChI=1S/C17H28F3N7/c1-21-16(23-13-7-10-26(11-13)12-17(18,19)20)22-8-6-15-25-24-14-5-3-2-4-9-27(14)15/h13H,2-12H2,1H3,(H2,21,22,23). The smallest absolute Gasteiger partial charge is 0.356 e. The van der Waals surface area contributed by atoms with E-state index >= 15 is 0 Å². The molecular weight excluding hydrogens is 359 g/mol. The fourth-order valence-electron chi connectivity index (χ4n) is 3.76. The maximum absolute atomic E-state index is 12.5. The number of halogens is 3. The van der Waals surface area contributed by atoms with Gasteiger partial charge in [-0.3, -0.25) is 9.89 Å². The quantitative estimate of drug-likeness (QED) is 0.590. The van der Waals surface area contributed by atoms with E-state index in [1.54, 1.807) is 7.05 Å². The lowest BCUT2D eigenvalue weighted by Gasteiger charge is -2.19. The largest absolute Gasteiger partial charge is 0.401 e. The van der Waals surface area contributed by atoms with E-state index in [4.69, 9.17) is 0 Å². The highest BCUT2D eigenvalue weighted by Gasteiger charge is 2.34. The van der Waals surface area contributed by atoms with Crippen LogP contribution in [0.15, 0.2) is 4.99 Å². The average Bonchev–Trinajstić information content (AvgIpc) is 3.12. The minimum Gasteiger partial charge on any atom is -0.356 e. The van der Waals surface area contributed by atoms with E-state index in [0.29, 0.717) is 32.0 Å². The zero-order valence-corrected chi connectivity index (χ0v) is 15.7. The van der Waals surface area contributed by atoms with Crippen LogP contribution < -0.4 is 10.6 Å². The molecule has 10 heteroatoms. The number of nitrogens with zero attached hydrogens (tertiary/aromatic N) is 5. The van der Waals surface area contributed by atoms with Gasteiger partial charge < -0.3 is 15.2 Å². The molecule has 7 nitrogen and oxygen atoms in total. The van der Waals surface area contributed by atoms with Crippen LogP contribution in [0.2, 0.25) is 0 Å². The number of rotatable bonds is 5. The van der Waals surface area contributed by atoms with Crippen LogP contribution in [-0.4, -0.2) is 71.1 Å². The molecule has 1 saturated heterocycles. The van der Waals surface area contributed by atoms with Crippen molar-refractivity contribution < 1.29 is 13.2 Å². The molecule has 0 aliphatic carbocycles. The van der Waals surface area contributed by atoms with E-state index < -0.39 is 12.7 Å². The zero-order chi connectivity index (χ0) is 19.3. The van der Waals surface area contributed by atoms with Gasteiger partial charge in [-0.15, -0.1) is 10.2 Å². The van der Waals surface area contributed by atoms with Crippen molar-refractivity contribution >= 4 is 5.96 Å². The molecule has 0 radical (unpaired) electrons. The Hall–Kier alpha value is -1.84. The molecule has 3 heterocycles. The summed E-state index contributed by atoms with van der Waals surface area (Å²) >= 11 is 0. The number of hydrogen-bond acceptors (Lipinski definition) is 4. The van der Waals surface area contributed by atoms with Crippen molar-refractivity contribution in [1.82, 2.24) is 30.3 Å². The summed E-state index contributed by atoms with van der Waals surface area (Å²) < 4.78 is 39.7. The van der Waals surface area contributed by atoms with E-state index in [2.05, 4.69) is 30.4 Å². The van der Waals surface area contributed by atoms with Gasteiger partial charge in [0.2, 0.25) is 0 Å². The second-order valence-electron chi connectivity index (χ2n) is 7.22. The number of aliphatic imine (C=N–C) groups is 1. The lowest BCUT2D eigenvalue weighted by molar-refractivity contribution is -0.143. The summed E-state index contributed by atoms with van der Waals surface area (Å²) in [7, 11) is 1.67. The van der Waals surface area contributed by atoms with Gasteiger partial charge in [0, 0.05) is 52.1 Å². The third-order valence-corrected chi connectivity index (χ3v) is 5.07. The SMILES string of the molecule is CN=C(NCCc1nnc2n1CCCCC2)NC1CCN(CC(F)(F)F)C1. The molecule has 0 bridgehead atoms. The summed E-state index contributed by atoms with van der Waals surface area (Å²) in [5, 5.41) is 15.1. The van der Waals surface area contributed by atoms with Crippen molar-refractivity contribution in [2.75, 3.05) is 33.2 Å². The summed E-state index contributed by atoms with van der Waals surface area (Å²) in [4.78, 5) is 5.61. The normalized spacial score (nSPS) is 21.8. The molecule has 0 aromatic carbocycles. The van der Waals surface area contributed by atoms with Crippen LogP contribution in [-0.2, 0) is 19.4 Å². The molecular formula is C17H28F3N7. The van der Waals surface area contributed by atoms with Gasteiger partial charge in [0.05, 0.1) is 6.54 Å². The number of aryl methyl sites for hydroxylation is 1. The Labute approximate surface area is 157 Å². The van der Waals surface area contributed by atoms with Gasteiger partial charge in [-0.1, -0.05) is 6.42 Å². The molecule has 1 atom stereocenters. The zero-order valence-electron chi connectivity index (χ0n) is 15.7. The van der Waals surface area contributed by atoms with Gasteiger partial charge in [0.25, 0.3) is 0 Å². The molecule has 1 aromatic rings. The molecule has 3 rings (SSSR count). The number of fused-ring (bicyclic) bond motifs is 1. The molecule has 1 aromatic heterocycles. The first kappa shape index (κ1) is 19.9. The van der Waals surface area contributed by atoms with Crippen molar-refractivity contribution in [3.8, 4) is 0 Å². The predicted molar refractivity (Wildman–Crippen MR) is 96.7 cm³/mol. The third-order valence-electron chi connectivity index (χ3n) is 5.07. The molecule has 2 N–H and O–H groups in total. The fourth-order valence-corrected chi connectivity index (χ4v) is 3.76. The van der Waals surface area contributed by atoms with Crippen LogP contribution in [0.5, 0.6) is 0 Å². The van der Waals surface area contributed by atoms with Crippen molar-refractivity contribution in [3.63, 3.8) is 0 Å². The Morgan fingerprint density at radius 3 is 2.85 bits per heavy atom. The Balaban J connectivity index is 1.43. The third kappa shape index (κ3) is 5.82. The van der Waals surface area contributed by atoms with Gasteiger partial charge in [0.15, 0.2) is 5.96 Å². The molecule has 0 spiro atoms. The summed E-state index contributed by atoms with van der Waals surface area (Å²) in [5.41, 5.74) is 0. The van der Waals surface area contributed by atoms with E-state index in [-0.39, 0.29) is 6.04 Å². The second-order valence-corrected chi connectivity index (χ2v) is 7.22. The van der Waals surface area contributed by atoms with Crippen LogP contribution in [0.1, 0.15) is 37.3 Å². The van der Waals surface area contributed by atoms with Crippen LogP contribution in [0, 0.1) is 0 Å². The summed E-state index contributed by atoms with van der Waals surface area (Å²) in [6.07, 6.45) is 1.80. The Morgan fingerprint density at radius 1 is 1.22 bits per heavy atom. The molecule has 2 aliphatic rings. The maximum Gasteiger partial charge on any atom is 0.401 e. The Morgan fingerprint density at radius 2 is 2.07 bits per heavy atom. The molecule has 1 fully saturated rings. The van der Waals surface area contributed by atoms with Crippen LogP contribution >= 0.6 is 0 Å². The monoisotopic (exact) mass is 387 g/mol. The van der Waals surface area contributed by atoms with Gasteiger partial charge >= 0.3 is 6.18 Å². The fraction of sp³-hybridized carbons (Fsp3) is 0.824. The van der Waals surface area contributed by atoms with Crippen molar-refractivity contribution in [3.05, 3.63) is 11.6 Å². The second kappa shape index (κ2) is 8.90.